The van der Waals surface area contributed by atoms with Gasteiger partial charge in [-0.3, -0.25) is 4.90 Å². The summed E-state index contributed by atoms with van der Waals surface area (Å²) in [5.74, 6) is 1.71. The summed E-state index contributed by atoms with van der Waals surface area (Å²) in [5.41, 5.74) is 1.40. The van der Waals surface area contributed by atoms with Gasteiger partial charge in [-0.15, -0.1) is 0 Å². The first-order valence-electron chi connectivity index (χ1n) is 7.18. The number of halogens is 1. The number of aromatic nitrogens is 1. The molecule has 96 valence electrons. The van der Waals surface area contributed by atoms with Crippen molar-refractivity contribution in [3.63, 3.8) is 0 Å². The molecular formula is C15H19ClN2. The monoisotopic (exact) mass is 262 g/mol. The predicted octanol–water partition coefficient (Wildman–Crippen LogP) is 3.47. The SMILES string of the molecule is Clc1ccc(C2C[C@H]3CC[C@H]2N3CC2CC2)cn1. The Morgan fingerprint density at radius 1 is 1.22 bits per heavy atom. The number of fused-ring (bicyclic) bond motifs is 2. The van der Waals surface area contributed by atoms with E-state index in [9.17, 15) is 0 Å². The Hall–Kier alpha value is -0.600. The van der Waals surface area contributed by atoms with Gasteiger partial charge < -0.3 is 0 Å². The zero-order valence-corrected chi connectivity index (χ0v) is 11.3. The minimum atomic E-state index is 0.608. The minimum Gasteiger partial charge on any atom is -0.297 e. The third-order valence-corrected chi connectivity index (χ3v) is 5.25. The van der Waals surface area contributed by atoms with Crippen molar-refractivity contribution in [1.82, 2.24) is 9.88 Å². The summed E-state index contributed by atoms with van der Waals surface area (Å²) in [6, 6.07) is 5.74. The standard InChI is InChI=1S/C15H19ClN2/c16-15-6-3-11(8-17-15)13-7-12-4-5-14(13)18(12)9-10-1-2-10/h3,6,8,10,12-14H,1-2,4-5,7,9H2/t12-,13?,14-/m1/s1. The fourth-order valence-corrected chi connectivity index (χ4v) is 4.06. The van der Waals surface area contributed by atoms with Gasteiger partial charge in [0.05, 0.1) is 0 Å². The van der Waals surface area contributed by atoms with E-state index in [1.165, 1.54) is 44.2 Å². The van der Waals surface area contributed by atoms with Gasteiger partial charge in [0, 0.05) is 30.7 Å². The molecule has 1 aromatic rings. The molecule has 1 saturated carbocycles. The second kappa shape index (κ2) is 4.21. The second-order valence-corrected chi connectivity index (χ2v) is 6.58. The first-order chi connectivity index (χ1) is 8.81. The Balaban J connectivity index is 1.55. The van der Waals surface area contributed by atoms with E-state index in [1.807, 2.05) is 12.3 Å². The minimum absolute atomic E-state index is 0.608. The van der Waals surface area contributed by atoms with Crippen molar-refractivity contribution in [2.45, 2.75) is 50.1 Å². The van der Waals surface area contributed by atoms with Crippen LogP contribution in [0, 0.1) is 5.92 Å². The van der Waals surface area contributed by atoms with E-state index in [2.05, 4.69) is 16.0 Å². The highest BCUT2D eigenvalue weighted by atomic mass is 35.5. The normalized spacial score (nSPS) is 35.3. The van der Waals surface area contributed by atoms with Crippen LogP contribution < -0.4 is 0 Å². The molecule has 2 bridgehead atoms. The molecule has 2 saturated heterocycles. The molecule has 3 heteroatoms. The van der Waals surface area contributed by atoms with Crippen LogP contribution in [0.5, 0.6) is 0 Å². The molecule has 2 nitrogen and oxygen atoms in total. The Morgan fingerprint density at radius 3 is 2.83 bits per heavy atom. The van der Waals surface area contributed by atoms with E-state index in [0.29, 0.717) is 11.1 Å². The molecule has 3 aliphatic rings. The van der Waals surface area contributed by atoms with Crippen molar-refractivity contribution < 1.29 is 0 Å². The average Bonchev–Trinajstić information content (AvgIpc) is 3.05. The molecule has 0 spiro atoms. The molecule has 3 heterocycles. The topological polar surface area (TPSA) is 16.1 Å². The van der Waals surface area contributed by atoms with E-state index in [4.69, 9.17) is 11.6 Å². The van der Waals surface area contributed by atoms with Gasteiger partial charge in [0.25, 0.3) is 0 Å². The van der Waals surface area contributed by atoms with Crippen molar-refractivity contribution >= 4 is 11.6 Å². The van der Waals surface area contributed by atoms with E-state index < -0.39 is 0 Å². The Morgan fingerprint density at radius 2 is 2.11 bits per heavy atom. The molecule has 3 atom stereocenters. The maximum absolute atomic E-state index is 5.88. The van der Waals surface area contributed by atoms with Crippen LogP contribution >= 0.6 is 11.6 Å². The fourth-order valence-electron chi connectivity index (χ4n) is 3.95. The molecule has 0 aromatic carbocycles. The maximum Gasteiger partial charge on any atom is 0.129 e. The van der Waals surface area contributed by atoms with Crippen LogP contribution in [-0.2, 0) is 0 Å². The maximum atomic E-state index is 5.88. The van der Waals surface area contributed by atoms with Crippen LogP contribution in [0.4, 0.5) is 0 Å². The van der Waals surface area contributed by atoms with Gasteiger partial charge in [0.1, 0.15) is 5.15 Å². The number of pyridine rings is 1. The van der Waals surface area contributed by atoms with E-state index in [0.717, 1.165) is 18.0 Å². The molecule has 4 rings (SSSR count). The third-order valence-electron chi connectivity index (χ3n) is 5.03. The predicted molar refractivity (Wildman–Crippen MR) is 72.8 cm³/mol. The zero-order valence-electron chi connectivity index (χ0n) is 10.6. The molecule has 1 aliphatic carbocycles. The molecule has 2 aliphatic heterocycles. The third kappa shape index (κ3) is 1.86. The quantitative estimate of drug-likeness (QED) is 0.776. The van der Waals surface area contributed by atoms with Crippen molar-refractivity contribution in [1.29, 1.82) is 0 Å². The number of hydrogen-bond acceptors (Lipinski definition) is 2. The van der Waals surface area contributed by atoms with E-state index >= 15 is 0 Å². The summed E-state index contributed by atoms with van der Waals surface area (Å²) < 4.78 is 0. The van der Waals surface area contributed by atoms with Crippen molar-refractivity contribution in [2.75, 3.05) is 6.54 Å². The molecule has 18 heavy (non-hydrogen) atoms. The largest absolute Gasteiger partial charge is 0.297 e. The summed E-state index contributed by atoms with van der Waals surface area (Å²) in [6.07, 6.45) is 9.04. The van der Waals surface area contributed by atoms with Gasteiger partial charge >= 0.3 is 0 Å². The van der Waals surface area contributed by atoms with Crippen LogP contribution in [0.3, 0.4) is 0 Å². The number of rotatable bonds is 3. The highest BCUT2D eigenvalue weighted by Gasteiger charge is 2.47. The Labute approximate surface area is 113 Å². The Kier molecular flexibility index (Phi) is 2.63. The highest BCUT2D eigenvalue weighted by molar-refractivity contribution is 6.29. The lowest BCUT2D eigenvalue weighted by atomic mass is 9.85. The van der Waals surface area contributed by atoms with Gasteiger partial charge in [0.15, 0.2) is 0 Å². The molecule has 0 N–H and O–H groups in total. The molecule has 0 radical (unpaired) electrons. The molecule has 1 unspecified atom stereocenters. The zero-order chi connectivity index (χ0) is 12.1. The summed E-state index contributed by atoms with van der Waals surface area (Å²) in [6.45, 7) is 1.35. The lowest BCUT2D eigenvalue weighted by Gasteiger charge is -2.24. The number of hydrogen-bond donors (Lipinski definition) is 0. The molecule has 1 aromatic heterocycles. The van der Waals surface area contributed by atoms with Crippen LogP contribution in [0.15, 0.2) is 18.3 Å². The summed E-state index contributed by atoms with van der Waals surface area (Å²) in [7, 11) is 0. The first kappa shape index (κ1) is 11.2. The highest BCUT2D eigenvalue weighted by Crippen LogP contribution is 2.48. The number of nitrogens with zero attached hydrogens (tertiary/aromatic N) is 2. The Bertz CT molecular complexity index is 440. The first-order valence-corrected chi connectivity index (χ1v) is 7.56. The summed E-state index contributed by atoms with van der Waals surface area (Å²) in [5, 5.41) is 0.608. The lowest BCUT2D eigenvalue weighted by Crippen LogP contribution is -2.31. The fraction of sp³-hybridized carbons (Fsp3) is 0.667. The van der Waals surface area contributed by atoms with Gasteiger partial charge in [0.2, 0.25) is 0 Å². The summed E-state index contributed by atoms with van der Waals surface area (Å²) >= 11 is 5.88. The smallest absolute Gasteiger partial charge is 0.129 e. The van der Waals surface area contributed by atoms with Crippen molar-refractivity contribution in [2.24, 2.45) is 5.92 Å². The van der Waals surface area contributed by atoms with E-state index in [-0.39, 0.29) is 0 Å². The average molecular weight is 263 g/mol. The van der Waals surface area contributed by atoms with Gasteiger partial charge in [-0.1, -0.05) is 17.7 Å². The van der Waals surface area contributed by atoms with Gasteiger partial charge in [-0.25, -0.2) is 4.98 Å². The van der Waals surface area contributed by atoms with Crippen molar-refractivity contribution in [3.05, 3.63) is 29.0 Å². The lowest BCUT2D eigenvalue weighted by molar-refractivity contribution is 0.237. The van der Waals surface area contributed by atoms with Crippen LogP contribution in [0.1, 0.15) is 43.6 Å². The van der Waals surface area contributed by atoms with Crippen LogP contribution in [0.2, 0.25) is 5.15 Å². The molecule has 3 fully saturated rings. The van der Waals surface area contributed by atoms with Crippen molar-refractivity contribution in [3.8, 4) is 0 Å². The van der Waals surface area contributed by atoms with Crippen LogP contribution in [-0.4, -0.2) is 28.5 Å². The molecule has 0 amide bonds. The van der Waals surface area contributed by atoms with Gasteiger partial charge in [-0.05, 0) is 49.7 Å². The van der Waals surface area contributed by atoms with E-state index in [1.54, 1.807) is 0 Å². The summed E-state index contributed by atoms with van der Waals surface area (Å²) in [4.78, 5) is 7.06. The second-order valence-electron chi connectivity index (χ2n) is 6.20. The van der Waals surface area contributed by atoms with Gasteiger partial charge in [-0.2, -0.15) is 0 Å². The van der Waals surface area contributed by atoms with Crippen LogP contribution in [0.25, 0.3) is 0 Å². The molecular weight excluding hydrogens is 244 g/mol.